The zero-order valence-corrected chi connectivity index (χ0v) is 20.8. The molecule has 0 aliphatic carbocycles. The largest absolute Gasteiger partial charge is 0.312 e. The lowest BCUT2D eigenvalue weighted by molar-refractivity contribution is 0.936. The molecule has 0 spiro atoms. The van der Waals surface area contributed by atoms with E-state index < -0.39 is 0 Å². The number of hydrogen-bond acceptors (Lipinski definition) is 1. The average molecular weight is 491 g/mol. The number of hydrogen-bond donors (Lipinski definition) is 0. The summed E-state index contributed by atoms with van der Waals surface area (Å²) >= 11 is 2.10. The van der Waals surface area contributed by atoms with Gasteiger partial charge in [-0.2, -0.15) is 0 Å². The SMILES string of the molecule is c1ccc(-n2c3c(c4cc5c(cc42)c2ccccc2n5-c2ccccc2)C2SC3c3ccccc32)cc1. The molecule has 2 aromatic heterocycles. The van der Waals surface area contributed by atoms with Crippen LogP contribution in [-0.4, -0.2) is 9.13 Å². The lowest BCUT2D eigenvalue weighted by atomic mass is 9.89. The van der Waals surface area contributed by atoms with Crippen molar-refractivity contribution in [3.8, 4) is 11.4 Å². The molecule has 2 unspecified atom stereocenters. The van der Waals surface area contributed by atoms with E-state index in [1.54, 1.807) is 0 Å². The Morgan fingerprint density at radius 2 is 1.03 bits per heavy atom. The molecule has 0 radical (unpaired) electrons. The maximum absolute atomic E-state index is 2.55. The number of thioether (sulfide) groups is 1. The number of fused-ring (bicyclic) bond motifs is 13. The van der Waals surface area contributed by atoms with Gasteiger partial charge in [-0.25, -0.2) is 0 Å². The Morgan fingerprint density at radius 1 is 0.459 bits per heavy atom. The zero-order valence-electron chi connectivity index (χ0n) is 20.0. The molecule has 4 heterocycles. The van der Waals surface area contributed by atoms with E-state index in [0.717, 1.165) is 0 Å². The van der Waals surface area contributed by atoms with E-state index in [2.05, 4.69) is 142 Å². The molecule has 0 saturated heterocycles. The highest BCUT2D eigenvalue weighted by molar-refractivity contribution is 8.00. The van der Waals surface area contributed by atoms with Crippen LogP contribution in [0.4, 0.5) is 0 Å². The van der Waals surface area contributed by atoms with Gasteiger partial charge in [-0.3, -0.25) is 0 Å². The predicted octanol–water partition coefficient (Wildman–Crippen LogP) is 8.97. The van der Waals surface area contributed by atoms with Crippen molar-refractivity contribution >= 4 is 44.5 Å². The monoisotopic (exact) mass is 490 g/mol. The second kappa shape index (κ2) is 7.18. The number of para-hydroxylation sites is 3. The third kappa shape index (κ3) is 2.52. The van der Waals surface area contributed by atoms with E-state index in [1.807, 2.05) is 0 Å². The first kappa shape index (κ1) is 19.9. The van der Waals surface area contributed by atoms with Gasteiger partial charge in [0.25, 0.3) is 0 Å². The van der Waals surface area contributed by atoms with Gasteiger partial charge in [0.05, 0.1) is 27.0 Å². The van der Waals surface area contributed by atoms with Gasteiger partial charge >= 0.3 is 0 Å². The fraction of sp³-hybridized carbons (Fsp3) is 0.0588. The van der Waals surface area contributed by atoms with Gasteiger partial charge in [0.2, 0.25) is 0 Å². The molecule has 0 N–H and O–H groups in total. The Balaban J connectivity index is 1.46. The van der Waals surface area contributed by atoms with Crippen molar-refractivity contribution in [3.05, 3.63) is 144 Å². The Morgan fingerprint density at radius 3 is 1.78 bits per heavy atom. The molecule has 0 saturated carbocycles. The minimum atomic E-state index is 0.371. The average Bonchev–Trinajstić information content (AvgIpc) is 3.69. The van der Waals surface area contributed by atoms with E-state index in [-0.39, 0.29) is 0 Å². The van der Waals surface area contributed by atoms with Crippen LogP contribution in [0.3, 0.4) is 0 Å². The smallest absolute Gasteiger partial charge is 0.0719 e. The standard InChI is InChI=1S/C34H22N2S/c1-3-11-21(12-4-1)35-28-18-10-9-15-23(28)26-19-30-27(20-29(26)35)31-32(36(30)22-13-5-2-6-14-22)34-25-17-8-7-16-24(25)33(31)37-34/h1-20,33-34H. The Hall–Kier alpha value is -4.21. The fourth-order valence-corrected chi connectivity index (χ4v) is 8.48. The van der Waals surface area contributed by atoms with Crippen molar-refractivity contribution in [3.63, 3.8) is 0 Å². The molecule has 2 aliphatic rings. The van der Waals surface area contributed by atoms with Crippen molar-refractivity contribution < 1.29 is 0 Å². The van der Waals surface area contributed by atoms with Crippen LogP contribution in [0.2, 0.25) is 0 Å². The molecular weight excluding hydrogens is 468 g/mol. The maximum Gasteiger partial charge on any atom is 0.0719 e. The predicted molar refractivity (Wildman–Crippen MR) is 155 cm³/mol. The topological polar surface area (TPSA) is 9.86 Å². The van der Waals surface area contributed by atoms with Crippen LogP contribution in [-0.2, 0) is 0 Å². The maximum atomic E-state index is 2.55. The summed E-state index contributed by atoms with van der Waals surface area (Å²) in [4.78, 5) is 0. The van der Waals surface area contributed by atoms with Crippen LogP contribution in [0.5, 0.6) is 0 Å². The van der Waals surface area contributed by atoms with Gasteiger partial charge in [0.1, 0.15) is 0 Å². The Labute approximate surface area is 218 Å². The van der Waals surface area contributed by atoms with Crippen LogP contribution in [0.25, 0.3) is 44.1 Å². The molecule has 7 aromatic rings. The molecule has 0 amide bonds. The summed E-state index contributed by atoms with van der Waals surface area (Å²) in [6.45, 7) is 0. The second-order valence-electron chi connectivity index (χ2n) is 10.1. The Bertz CT molecular complexity index is 2010. The van der Waals surface area contributed by atoms with Crippen molar-refractivity contribution in [2.75, 3.05) is 0 Å². The first-order valence-corrected chi connectivity index (χ1v) is 13.8. The van der Waals surface area contributed by atoms with Gasteiger partial charge in [-0.05, 0) is 53.6 Å². The van der Waals surface area contributed by atoms with Gasteiger partial charge in [0.15, 0.2) is 0 Å². The van der Waals surface area contributed by atoms with Crippen molar-refractivity contribution in [2.45, 2.75) is 10.5 Å². The van der Waals surface area contributed by atoms with Crippen molar-refractivity contribution in [1.82, 2.24) is 9.13 Å². The van der Waals surface area contributed by atoms with Gasteiger partial charge in [-0.1, -0.05) is 78.9 Å². The van der Waals surface area contributed by atoms with Crippen molar-refractivity contribution in [1.29, 1.82) is 0 Å². The molecule has 2 atom stereocenters. The van der Waals surface area contributed by atoms with Gasteiger partial charge < -0.3 is 9.13 Å². The second-order valence-corrected chi connectivity index (χ2v) is 11.3. The lowest BCUT2D eigenvalue weighted by Gasteiger charge is -2.18. The van der Waals surface area contributed by atoms with Gasteiger partial charge in [0, 0.05) is 38.8 Å². The molecule has 2 bridgehead atoms. The molecule has 3 heteroatoms. The highest BCUT2D eigenvalue weighted by Crippen LogP contribution is 2.66. The van der Waals surface area contributed by atoms with Crippen LogP contribution in [0, 0.1) is 0 Å². The first-order valence-electron chi connectivity index (χ1n) is 12.8. The van der Waals surface area contributed by atoms with Crippen LogP contribution >= 0.6 is 11.8 Å². The molecule has 2 aliphatic heterocycles. The summed E-state index contributed by atoms with van der Waals surface area (Å²) in [5, 5.41) is 4.73. The molecule has 9 rings (SSSR count). The normalized spacial score (nSPS) is 17.6. The fourth-order valence-electron chi connectivity index (χ4n) is 6.74. The zero-order chi connectivity index (χ0) is 24.1. The summed E-state index contributed by atoms with van der Waals surface area (Å²) < 4.78 is 4.98. The Kier molecular flexibility index (Phi) is 3.86. The van der Waals surface area contributed by atoms with Gasteiger partial charge in [-0.15, -0.1) is 11.8 Å². The van der Waals surface area contributed by atoms with Crippen LogP contribution < -0.4 is 0 Å². The van der Waals surface area contributed by atoms with Crippen molar-refractivity contribution in [2.24, 2.45) is 0 Å². The van der Waals surface area contributed by atoms with Crippen LogP contribution in [0.15, 0.2) is 121 Å². The molecular formula is C34H22N2S. The first-order chi connectivity index (χ1) is 18.4. The minimum Gasteiger partial charge on any atom is -0.312 e. The summed E-state index contributed by atoms with van der Waals surface area (Å²) in [5.41, 5.74) is 12.2. The summed E-state index contributed by atoms with van der Waals surface area (Å²) in [5.74, 6) is 0. The van der Waals surface area contributed by atoms with E-state index in [0.29, 0.717) is 10.5 Å². The molecule has 174 valence electrons. The summed E-state index contributed by atoms with van der Waals surface area (Å²) in [6.07, 6.45) is 0. The summed E-state index contributed by atoms with van der Waals surface area (Å²) in [7, 11) is 0. The highest BCUT2D eigenvalue weighted by atomic mass is 32.2. The molecule has 5 aromatic carbocycles. The highest BCUT2D eigenvalue weighted by Gasteiger charge is 2.46. The number of aromatic nitrogens is 2. The van der Waals surface area contributed by atoms with E-state index in [1.165, 1.54) is 66.5 Å². The number of nitrogens with zero attached hydrogens (tertiary/aromatic N) is 2. The summed E-state index contributed by atoms with van der Waals surface area (Å²) in [6, 6.07) is 44.5. The number of benzene rings is 5. The van der Waals surface area contributed by atoms with E-state index >= 15 is 0 Å². The van der Waals surface area contributed by atoms with E-state index in [4.69, 9.17) is 0 Å². The third-order valence-corrected chi connectivity index (χ3v) is 9.72. The molecule has 2 nitrogen and oxygen atoms in total. The molecule has 0 fully saturated rings. The van der Waals surface area contributed by atoms with E-state index in [9.17, 15) is 0 Å². The van der Waals surface area contributed by atoms with Crippen LogP contribution in [0.1, 0.15) is 32.9 Å². The lowest BCUT2D eigenvalue weighted by Crippen LogP contribution is -2.06. The number of rotatable bonds is 2. The third-order valence-electron chi connectivity index (χ3n) is 8.21. The quantitative estimate of drug-likeness (QED) is 0.235. The molecule has 37 heavy (non-hydrogen) atoms. The minimum absolute atomic E-state index is 0.371.